The fourth-order valence-electron chi connectivity index (χ4n) is 2.20. The summed E-state index contributed by atoms with van der Waals surface area (Å²) in [6.07, 6.45) is 3.60. The first-order valence-corrected chi connectivity index (χ1v) is 5.20. The SMILES string of the molecule is [CH2-][NH+]1CCCCC1c1cccc(F)c1. The number of quaternary nitrogens is 1. The molecule has 1 aromatic carbocycles. The Morgan fingerprint density at radius 2 is 2.21 bits per heavy atom. The summed E-state index contributed by atoms with van der Waals surface area (Å²) in [5, 5.41) is 0. The molecule has 1 saturated heterocycles. The summed E-state index contributed by atoms with van der Waals surface area (Å²) in [5.41, 5.74) is 1.09. The lowest BCUT2D eigenvalue weighted by molar-refractivity contribution is -0.893. The van der Waals surface area contributed by atoms with Crippen LogP contribution < -0.4 is 4.90 Å². The maximum absolute atomic E-state index is 13.0. The van der Waals surface area contributed by atoms with Crippen molar-refractivity contribution in [2.24, 2.45) is 0 Å². The molecule has 0 aliphatic carbocycles. The van der Waals surface area contributed by atoms with Crippen LogP contribution in [-0.4, -0.2) is 6.54 Å². The van der Waals surface area contributed by atoms with Crippen molar-refractivity contribution in [3.63, 3.8) is 0 Å². The van der Waals surface area contributed by atoms with Gasteiger partial charge in [0.2, 0.25) is 0 Å². The topological polar surface area (TPSA) is 4.44 Å². The predicted octanol–water partition coefficient (Wildman–Crippen LogP) is 1.73. The van der Waals surface area contributed by atoms with E-state index in [2.05, 4.69) is 7.05 Å². The van der Waals surface area contributed by atoms with Crippen molar-refractivity contribution in [2.45, 2.75) is 25.3 Å². The second-order valence-corrected chi connectivity index (χ2v) is 4.01. The maximum Gasteiger partial charge on any atom is 0.123 e. The molecule has 1 heterocycles. The van der Waals surface area contributed by atoms with Crippen LogP contribution in [0.25, 0.3) is 0 Å². The highest BCUT2D eigenvalue weighted by Gasteiger charge is 2.20. The number of rotatable bonds is 1. The number of hydrogen-bond acceptors (Lipinski definition) is 0. The first-order chi connectivity index (χ1) is 6.77. The van der Waals surface area contributed by atoms with E-state index in [1.165, 1.54) is 23.8 Å². The molecule has 0 spiro atoms. The van der Waals surface area contributed by atoms with Crippen LogP contribution in [0.2, 0.25) is 0 Å². The van der Waals surface area contributed by atoms with Crippen molar-refractivity contribution in [3.05, 3.63) is 42.7 Å². The average molecular weight is 193 g/mol. The highest BCUT2D eigenvalue weighted by atomic mass is 19.1. The molecule has 76 valence electrons. The Morgan fingerprint density at radius 3 is 2.93 bits per heavy atom. The van der Waals surface area contributed by atoms with E-state index >= 15 is 0 Å². The Kier molecular flexibility index (Phi) is 2.82. The van der Waals surface area contributed by atoms with Gasteiger partial charge in [0.15, 0.2) is 0 Å². The minimum atomic E-state index is -0.138. The van der Waals surface area contributed by atoms with Crippen LogP contribution in [0.15, 0.2) is 24.3 Å². The van der Waals surface area contributed by atoms with Gasteiger partial charge in [0.1, 0.15) is 5.82 Å². The van der Waals surface area contributed by atoms with Gasteiger partial charge in [0.05, 0.1) is 12.6 Å². The molecule has 14 heavy (non-hydrogen) atoms. The molecule has 1 nitrogen and oxygen atoms in total. The highest BCUT2D eigenvalue weighted by Crippen LogP contribution is 2.19. The molecule has 2 heteroatoms. The highest BCUT2D eigenvalue weighted by molar-refractivity contribution is 5.18. The van der Waals surface area contributed by atoms with Crippen LogP contribution in [-0.2, 0) is 0 Å². The number of halogens is 1. The molecule has 2 unspecified atom stereocenters. The summed E-state index contributed by atoms with van der Waals surface area (Å²) in [6.45, 7) is 1.10. The van der Waals surface area contributed by atoms with Crippen LogP contribution >= 0.6 is 0 Å². The third kappa shape index (κ3) is 1.95. The van der Waals surface area contributed by atoms with E-state index in [0.717, 1.165) is 18.5 Å². The second-order valence-electron chi connectivity index (χ2n) is 4.01. The Labute approximate surface area is 84.5 Å². The summed E-state index contributed by atoms with van der Waals surface area (Å²) >= 11 is 0. The quantitative estimate of drug-likeness (QED) is 0.648. The van der Waals surface area contributed by atoms with Gasteiger partial charge in [-0.2, -0.15) is 7.05 Å². The number of hydrogen-bond donors (Lipinski definition) is 1. The molecule has 0 radical (unpaired) electrons. The molecule has 1 aliphatic heterocycles. The zero-order chi connectivity index (χ0) is 9.97. The predicted molar refractivity (Wildman–Crippen MR) is 54.2 cm³/mol. The molecule has 2 rings (SSSR count). The van der Waals surface area contributed by atoms with Gasteiger partial charge in [-0.1, -0.05) is 12.1 Å². The Bertz CT molecular complexity index is 311. The van der Waals surface area contributed by atoms with Crippen molar-refractivity contribution in [1.82, 2.24) is 0 Å². The summed E-state index contributed by atoms with van der Waals surface area (Å²) in [4.78, 5) is 1.27. The van der Waals surface area contributed by atoms with E-state index in [1.54, 1.807) is 12.1 Å². The summed E-state index contributed by atoms with van der Waals surface area (Å²) < 4.78 is 13.0. The Morgan fingerprint density at radius 1 is 1.36 bits per heavy atom. The summed E-state index contributed by atoms with van der Waals surface area (Å²) in [7, 11) is 4.08. The van der Waals surface area contributed by atoms with Gasteiger partial charge in [0.25, 0.3) is 0 Å². The fourth-order valence-corrected chi connectivity index (χ4v) is 2.20. The first kappa shape index (κ1) is 9.66. The summed E-state index contributed by atoms with van der Waals surface area (Å²) in [6, 6.07) is 7.31. The van der Waals surface area contributed by atoms with Gasteiger partial charge < -0.3 is 4.90 Å². The van der Waals surface area contributed by atoms with Crippen LogP contribution in [0.1, 0.15) is 30.9 Å². The zero-order valence-corrected chi connectivity index (χ0v) is 8.30. The number of piperidine rings is 1. The molecule has 0 aromatic heterocycles. The van der Waals surface area contributed by atoms with E-state index in [1.807, 2.05) is 6.07 Å². The van der Waals surface area contributed by atoms with E-state index in [0.29, 0.717) is 6.04 Å². The first-order valence-electron chi connectivity index (χ1n) is 5.20. The zero-order valence-electron chi connectivity index (χ0n) is 8.30. The van der Waals surface area contributed by atoms with Gasteiger partial charge in [-0.25, -0.2) is 4.39 Å². The van der Waals surface area contributed by atoms with Gasteiger partial charge in [0, 0.05) is 12.0 Å². The Balaban J connectivity index is 2.20. The van der Waals surface area contributed by atoms with Gasteiger partial charge in [-0.15, -0.1) is 0 Å². The van der Waals surface area contributed by atoms with Crippen molar-refractivity contribution in [1.29, 1.82) is 0 Å². The van der Waals surface area contributed by atoms with Crippen molar-refractivity contribution >= 4 is 0 Å². The van der Waals surface area contributed by atoms with Crippen LogP contribution in [0.3, 0.4) is 0 Å². The van der Waals surface area contributed by atoms with E-state index in [4.69, 9.17) is 0 Å². The minimum absolute atomic E-state index is 0.138. The van der Waals surface area contributed by atoms with Gasteiger partial charge in [-0.05, 0) is 25.0 Å². The average Bonchev–Trinajstić information content (AvgIpc) is 2.18. The molecule has 1 fully saturated rings. The molecule has 1 N–H and O–H groups in total. The number of likely N-dealkylation sites (tertiary alicyclic amines) is 1. The normalized spacial score (nSPS) is 27.6. The second kappa shape index (κ2) is 4.09. The fraction of sp³-hybridized carbons (Fsp3) is 0.417. The molecular weight excluding hydrogens is 177 g/mol. The molecular formula is C12H16FN. The lowest BCUT2D eigenvalue weighted by Gasteiger charge is -2.35. The lowest BCUT2D eigenvalue weighted by Crippen LogP contribution is -3.08. The van der Waals surface area contributed by atoms with Gasteiger partial charge >= 0.3 is 0 Å². The minimum Gasteiger partial charge on any atom is -0.462 e. The van der Waals surface area contributed by atoms with E-state index < -0.39 is 0 Å². The lowest BCUT2D eigenvalue weighted by atomic mass is 9.96. The molecule has 0 amide bonds. The number of benzene rings is 1. The smallest absolute Gasteiger partial charge is 0.123 e. The van der Waals surface area contributed by atoms with Crippen molar-refractivity contribution in [2.75, 3.05) is 6.54 Å². The maximum atomic E-state index is 13.0. The number of nitrogens with one attached hydrogen (secondary N) is 1. The van der Waals surface area contributed by atoms with Gasteiger partial charge in [-0.3, -0.25) is 0 Å². The molecule has 1 aromatic rings. The molecule has 0 bridgehead atoms. The van der Waals surface area contributed by atoms with E-state index in [-0.39, 0.29) is 5.82 Å². The molecule has 1 aliphatic rings. The van der Waals surface area contributed by atoms with E-state index in [9.17, 15) is 4.39 Å². The third-order valence-corrected chi connectivity index (χ3v) is 2.98. The third-order valence-electron chi connectivity index (χ3n) is 2.98. The van der Waals surface area contributed by atoms with Crippen molar-refractivity contribution < 1.29 is 9.29 Å². The van der Waals surface area contributed by atoms with Crippen LogP contribution in [0.5, 0.6) is 0 Å². The molecule has 2 atom stereocenters. The largest absolute Gasteiger partial charge is 0.462 e. The Hall–Kier alpha value is -0.890. The van der Waals surface area contributed by atoms with Crippen LogP contribution in [0.4, 0.5) is 4.39 Å². The van der Waals surface area contributed by atoms with Crippen molar-refractivity contribution in [3.8, 4) is 0 Å². The van der Waals surface area contributed by atoms with Crippen LogP contribution in [0, 0.1) is 12.9 Å². The monoisotopic (exact) mass is 193 g/mol. The summed E-state index contributed by atoms with van der Waals surface area (Å²) in [5.74, 6) is -0.138. The standard InChI is InChI=1S/C12H16FN/c1-14-8-3-2-7-12(14)10-5-4-6-11(13)9-10/h4-6,9,12,14H,1-3,7-8H2. The molecule has 0 saturated carbocycles.